The van der Waals surface area contributed by atoms with Crippen molar-refractivity contribution < 1.29 is 18.7 Å². The molecular weight excluding hydrogens is 309 g/mol. The number of halogens is 1. The molecule has 2 aromatic rings. The molecule has 0 aliphatic rings. The Morgan fingerprint density at radius 1 is 1.00 bits per heavy atom. The summed E-state index contributed by atoms with van der Waals surface area (Å²) < 4.78 is 18.5. The van der Waals surface area contributed by atoms with E-state index in [9.17, 15) is 14.0 Å². The first-order valence-corrected chi connectivity index (χ1v) is 7.60. The van der Waals surface area contributed by atoms with Crippen molar-refractivity contribution in [3.05, 3.63) is 71.5 Å². The lowest BCUT2D eigenvalue weighted by molar-refractivity contribution is -0.131. The standard InChI is InChI=1S/C19H20FNO3/c1-19(2,3)21-17(22)16(13-9-11-15(20)12-10-13)24-18(23)14-7-5-4-6-8-14/h4-12,16H,1-3H3,(H,21,22). The average molecular weight is 329 g/mol. The third-order valence-corrected chi connectivity index (χ3v) is 3.14. The van der Waals surface area contributed by atoms with Gasteiger partial charge in [0.15, 0.2) is 0 Å². The summed E-state index contributed by atoms with van der Waals surface area (Å²) in [6.45, 7) is 5.48. The summed E-state index contributed by atoms with van der Waals surface area (Å²) >= 11 is 0. The highest BCUT2D eigenvalue weighted by molar-refractivity contribution is 5.92. The number of nitrogens with one attached hydrogen (secondary N) is 1. The van der Waals surface area contributed by atoms with Crippen LogP contribution in [-0.2, 0) is 9.53 Å². The summed E-state index contributed by atoms with van der Waals surface area (Å²) in [6.07, 6.45) is -1.16. The van der Waals surface area contributed by atoms with Crippen LogP contribution in [0.25, 0.3) is 0 Å². The van der Waals surface area contributed by atoms with Crippen LogP contribution in [0.4, 0.5) is 4.39 Å². The van der Waals surface area contributed by atoms with Gasteiger partial charge in [0.25, 0.3) is 5.91 Å². The molecule has 24 heavy (non-hydrogen) atoms. The van der Waals surface area contributed by atoms with Gasteiger partial charge in [-0.25, -0.2) is 9.18 Å². The molecule has 0 aliphatic carbocycles. The number of carbonyl (C=O) groups excluding carboxylic acids is 2. The zero-order valence-electron chi connectivity index (χ0n) is 13.9. The van der Waals surface area contributed by atoms with E-state index < -0.39 is 29.3 Å². The quantitative estimate of drug-likeness (QED) is 0.871. The second kappa shape index (κ2) is 7.25. The summed E-state index contributed by atoms with van der Waals surface area (Å²) in [6, 6.07) is 13.7. The fourth-order valence-electron chi connectivity index (χ4n) is 2.09. The first kappa shape index (κ1) is 17.7. The van der Waals surface area contributed by atoms with Gasteiger partial charge in [-0.15, -0.1) is 0 Å². The van der Waals surface area contributed by atoms with Crippen LogP contribution in [0.2, 0.25) is 0 Å². The van der Waals surface area contributed by atoms with Crippen LogP contribution >= 0.6 is 0 Å². The van der Waals surface area contributed by atoms with Gasteiger partial charge in [0.1, 0.15) is 5.82 Å². The molecule has 4 nitrogen and oxygen atoms in total. The van der Waals surface area contributed by atoms with Crippen molar-refractivity contribution >= 4 is 11.9 Å². The van der Waals surface area contributed by atoms with E-state index in [1.807, 2.05) is 20.8 Å². The Morgan fingerprint density at radius 3 is 2.12 bits per heavy atom. The number of amides is 1. The lowest BCUT2D eigenvalue weighted by Gasteiger charge is -2.25. The summed E-state index contributed by atoms with van der Waals surface area (Å²) in [5, 5.41) is 2.78. The molecular formula is C19H20FNO3. The van der Waals surface area contributed by atoms with Crippen molar-refractivity contribution in [2.75, 3.05) is 0 Å². The van der Waals surface area contributed by atoms with Gasteiger partial charge in [0.05, 0.1) is 5.56 Å². The van der Waals surface area contributed by atoms with Crippen molar-refractivity contribution in [2.24, 2.45) is 0 Å². The molecule has 2 aromatic carbocycles. The highest BCUT2D eigenvalue weighted by Gasteiger charge is 2.28. The minimum Gasteiger partial charge on any atom is -0.444 e. The molecule has 5 heteroatoms. The number of rotatable bonds is 4. The van der Waals surface area contributed by atoms with Crippen LogP contribution in [0.15, 0.2) is 54.6 Å². The first-order valence-electron chi connectivity index (χ1n) is 7.60. The smallest absolute Gasteiger partial charge is 0.339 e. The van der Waals surface area contributed by atoms with Gasteiger partial charge < -0.3 is 10.1 Å². The zero-order valence-corrected chi connectivity index (χ0v) is 13.9. The van der Waals surface area contributed by atoms with Crippen molar-refractivity contribution in [3.8, 4) is 0 Å². The fourth-order valence-corrected chi connectivity index (χ4v) is 2.09. The molecule has 0 aliphatic heterocycles. The molecule has 126 valence electrons. The fraction of sp³-hybridized carbons (Fsp3) is 0.263. The van der Waals surface area contributed by atoms with Crippen LogP contribution in [0, 0.1) is 5.82 Å². The van der Waals surface area contributed by atoms with E-state index in [4.69, 9.17) is 4.74 Å². The van der Waals surface area contributed by atoms with Gasteiger partial charge in [-0.3, -0.25) is 4.79 Å². The molecule has 0 saturated carbocycles. The Labute approximate surface area is 140 Å². The van der Waals surface area contributed by atoms with Crippen molar-refractivity contribution in [2.45, 2.75) is 32.4 Å². The highest BCUT2D eigenvalue weighted by atomic mass is 19.1. The largest absolute Gasteiger partial charge is 0.444 e. The zero-order chi connectivity index (χ0) is 17.7. The molecule has 0 fully saturated rings. The monoisotopic (exact) mass is 329 g/mol. The minimum absolute atomic E-state index is 0.341. The van der Waals surface area contributed by atoms with Crippen LogP contribution in [0.3, 0.4) is 0 Å². The molecule has 0 aromatic heterocycles. The number of esters is 1. The van der Waals surface area contributed by atoms with Crippen LogP contribution in [0.5, 0.6) is 0 Å². The molecule has 1 amide bonds. The first-order chi connectivity index (χ1) is 11.3. The summed E-state index contributed by atoms with van der Waals surface area (Å²) in [5.41, 5.74) is 0.254. The van der Waals surface area contributed by atoms with Gasteiger partial charge in [-0.2, -0.15) is 0 Å². The number of hydrogen-bond acceptors (Lipinski definition) is 3. The predicted molar refractivity (Wildman–Crippen MR) is 88.9 cm³/mol. The third-order valence-electron chi connectivity index (χ3n) is 3.14. The maximum Gasteiger partial charge on any atom is 0.339 e. The Morgan fingerprint density at radius 2 is 1.58 bits per heavy atom. The van der Waals surface area contributed by atoms with E-state index in [2.05, 4.69) is 5.32 Å². The average Bonchev–Trinajstić information content (AvgIpc) is 2.52. The molecule has 1 unspecified atom stereocenters. The number of ether oxygens (including phenoxy) is 1. The van der Waals surface area contributed by atoms with Gasteiger partial charge >= 0.3 is 5.97 Å². The SMILES string of the molecule is CC(C)(C)NC(=O)C(OC(=O)c1ccccc1)c1ccc(F)cc1. The normalized spacial score (nSPS) is 12.3. The van der Waals surface area contributed by atoms with E-state index in [-0.39, 0.29) is 0 Å². The summed E-state index contributed by atoms with van der Waals surface area (Å²) in [7, 11) is 0. The Balaban J connectivity index is 2.27. The number of benzene rings is 2. The molecule has 0 radical (unpaired) electrons. The molecule has 0 saturated heterocycles. The number of carbonyl (C=O) groups is 2. The Hall–Kier alpha value is -2.69. The van der Waals surface area contributed by atoms with E-state index in [0.717, 1.165) is 0 Å². The topological polar surface area (TPSA) is 55.4 Å². The van der Waals surface area contributed by atoms with Crippen molar-refractivity contribution in [3.63, 3.8) is 0 Å². The summed E-state index contributed by atoms with van der Waals surface area (Å²) in [4.78, 5) is 24.8. The predicted octanol–water partition coefficient (Wildman–Crippen LogP) is 3.64. The van der Waals surface area contributed by atoms with Crippen LogP contribution in [0.1, 0.15) is 42.8 Å². The maximum absolute atomic E-state index is 13.1. The van der Waals surface area contributed by atoms with Gasteiger partial charge in [0, 0.05) is 11.1 Å². The van der Waals surface area contributed by atoms with Gasteiger partial charge in [-0.05, 0) is 45.0 Å². The molecule has 1 N–H and O–H groups in total. The van der Waals surface area contributed by atoms with E-state index in [1.54, 1.807) is 30.3 Å². The van der Waals surface area contributed by atoms with E-state index in [1.165, 1.54) is 24.3 Å². The second-order valence-corrected chi connectivity index (χ2v) is 6.44. The Bertz CT molecular complexity index is 706. The third kappa shape index (κ3) is 4.91. The molecule has 0 heterocycles. The summed E-state index contributed by atoms with van der Waals surface area (Å²) in [5.74, 6) is -1.50. The maximum atomic E-state index is 13.1. The molecule has 2 rings (SSSR count). The van der Waals surface area contributed by atoms with E-state index in [0.29, 0.717) is 11.1 Å². The Kier molecular flexibility index (Phi) is 5.34. The van der Waals surface area contributed by atoms with E-state index >= 15 is 0 Å². The highest BCUT2D eigenvalue weighted by Crippen LogP contribution is 2.21. The molecule has 1 atom stereocenters. The lowest BCUT2D eigenvalue weighted by atomic mass is 10.0. The van der Waals surface area contributed by atoms with Gasteiger partial charge in [-0.1, -0.05) is 30.3 Å². The number of hydrogen-bond donors (Lipinski definition) is 1. The van der Waals surface area contributed by atoms with Crippen molar-refractivity contribution in [1.29, 1.82) is 0 Å². The molecule has 0 spiro atoms. The van der Waals surface area contributed by atoms with Crippen LogP contribution < -0.4 is 5.32 Å². The van der Waals surface area contributed by atoms with Gasteiger partial charge in [0.2, 0.25) is 6.10 Å². The minimum atomic E-state index is -1.16. The van der Waals surface area contributed by atoms with Crippen molar-refractivity contribution in [1.82, 2.24) is 5.32 Å². The molecule has 0 bridgehead atoms. The lowest BCUT2D eigenvalue weighted by Crippen LogP contribution is -2.44. The van der Waals surface area contributed by atoms with Crippen LogP contribution in [-0.4, -0.2) is 17.4 Å². The second-order valence-electron chi connectivity index (χ2n) is 6.44.